The van der Waals surface area contributed by atoms with Crippen molar-refractivity contribution in [3.8, 4) is 5.69 Å². The number of aromatic amines is 1. The van der Waals surface area contributed by atoms with E-state index in [4.69, 9.17) is 0 Å². The Labute approximate surface area is 173 Å². The van der Waals surface area contributed by atoms with Crippen LogP contribution < -0.4 is 5.32 Å². The second-order valence-electron chi connectivity index (χ2n) is 6.95. The van der Waals surface area contributed by atoms with E-state index in [-0.39, 0.29) is 5.92 Å². The van der Waals surface area contributed by atoms with E-state index in [9.17, 15) is 0 Å². The summed E-state index contributed by atoms with van der Waals surface area (Å²) in [5.41, 5.74) is 4.39. The van der Waals surface area contributed by atoms with Crippen LogP contribution in [-0.2, 0) is 6.54 Å². The number of rotatable bonds is 7. The fourth-order valence-electron chi connectivity index (χ4n) is 3.64. The van der Waals surface area contributed by atoms with Crippen LogP contribution in [0, 0.1) is 0 Å². The molecular weight excluding hydrogens is 378 g/mol. The van der Waals surface area contributed by atoms with Crippen LogP contribution in [-0.4, -0.2) is 26.5 Å². The lowest BCUT2D eigenvalue weighted by molar-refractivity contribution is 0.627. The Morgan fingerprint density at radius 3 is 2.72 bits per heavy atom. The van der Waals surface area contributed by atoms with Crippen LogP contribution in [0.25, 0.3) is 16.6 Å². The SMILES string of the molecule is c1ccc(-n2ncc(CNC[C@@H](c3cccs3)c3c[nH]c4ccccc34)n2)cc1. The largest absolute Gasteiger partial charge is 0.361 e. The molecule has 0 aliphatic carbocycles. The van der Waals surface area contributed by atoms with Crippen molar-refractivity contribution in [2.75, 3.05) is 6.54 Å². The monoisotopic (exact) mass is 399 g/mol. The molecule has 144 valence electrons. The Morgan fingerprint density at radius 1 is 1.00 bits per heavy atom. The van der Waals surface area contributed by atoms with Crippen molar-refractivity contribution in [2.24, 2.45) is 0 Å². The fraction of sp³-hybridized carbons (Fsp3) is 0.130. The molecule has 0 saturated heterocycles. The summed E-state index contributed by atoms with van der Waals surface area (Å²) in [5.74, 6) is 0.287. The van der Waals surface area contributed by atoms with Gasteiger partial charge in [0.25, 0.3) is 0 Å². The minimum Gasteiger partial charge on any atom is -0.361 e. The standard InChI is InChI=1S/C23H21N5S/c1-2-7-18(8-3-1)28-26-14-17(27-28)13-24-15-21(23-11-6-12-29-23)20-16-25-22-10-5-4-9-19(20)22/h1-12,14,16,21,24-25H,13,15H2/t21-/m1/s1. The molecule has 0 saturated carbocycles. The minimum absolute atomic E-state index is 0.287. The van der Waals surface area contributed by atoms with Gasteiger partial charge in [0.05, 0.1) is 17.6 Å². The Kier molecular flexibility index (Phi) is 4.94. The summed E-state index contributed by atoms with van der Waals surface area (Å²) in [4.78, 5) is 6.44. The number of nitrogens with one attached hydrogen (secondary N) is 2. The fourth-order valence-corrected chi connectivity index (χ4v) is 4.49. The molecule has 0 unspecified atom stereocenters. The lowest BCUT2D eigenvalue weighted by Gasteiger charge is -2.16. The summed E-state index contributed by atoms with van der Waals surface area (Å²) in [6.45, 7) is 1.51. The van der Waals surface area contributed by atoms with Crippen molar-refractivity contribution < 1.29 is 0 Å². The third-order valence-electron chi connectivity index (χ3n) is 5.06. The first-order valence-corrected chi connectivity index (χ1v) is 10.5. The summed E-state index contributed by atoms with van der Waals surface area (Å²) in [5, 5.41) is 16.0. The summed E-state index contributed by atoms with van der Waals surface area (Å²) in [7, 11) is 0. The van der Waals surface area contributed by atoms with Crippen LogP contribution in [0.2, 0.25) is 0 Å². The van der Waals surface area contributed by atoms with Crippen molar-refractivity contribution in [1.29, 1.82) is 0 Å². The molecule has 0 radical (unpaired) electrons. The van der Waals surface area contributed by atoms with Crippen LogP contribution in [0.15, 0.2) is 84.5 Å². The van der Waals surface area contributed by atoms with Gasteiger partial charge in [-0.2, -0.15) is 15.0 Å². The summed E-state index contributed by atoms with van der Waals surface area (Å²) in [6, 6.07) is 22.8. The maximum Gasteiger partial charge on any atom is 0.0969 e. The van der Waals surface area contributed by atoms with Crippen LogP contribution in [0.1, 0.15) is 22.1 Å². The van der Waals surface area contributed by atoms with Crippen molar-refractivity contribution in [2.45, 2.75) is 12.5 Å². The van der Waals surface area contributed by atoms with E-state index < -0.39 is 0 Å². The molecule has 1 atom stereocenters. The molecule has 0 aliphatic rings. The number of aromatic nitrogens is 4. The first-order chi connectivity index (χ1) is 14.4. The van der Waals surface area contributed by atoms with E-state index in [1.165, 1.54) is 21.3 Å². The number of benzene rings is 2. The highest BCUT2D eigenvalue weighted by Gasteiger charge is 2.19. The molecule has 0 aliphatic heterocycles. The highest BCUT2D eigenvalue weighted by molar-refractivity contribution is 7.10. The van der Waals surface area contributed by atoms with Crippen molar-refractivity contribution in [3.63, 3.8) is 0 Å². The topological polar surface area (TPSA) is 58.5 Å². The Hall–Kier alpha value is -3.22. The highest BCUT2D eigenvalue weighted by Crippen LogP contribution is 2.32. The molecule has 5 aromatic rings. The zero-order valence-corrected chi connectivity index (χ0v) is 16.6. The number of para-hydroxylation sites is 2. The molecule has 5 nitrogen and oxygen atoms in total. The van der Waals surface area contributed by atoms with E-state index in [0.717, 1.165) is 17.9 Å². The van der Waals surface area contributed by atoms with E-state index >= 15 is 0 Å². The zero-order chi connectivity index (χ0) is 19.5. The molecular formula is C23H21N5S. The van der Waals surface area contributed by atoms with Gasteiger partial charge in [0.15, 0.2) is 0 Å². The normalized spacial score (nSPS) is 12.4. The Balaban J connectivity index is 1.33. The van der Waals surface area contributed by atoms with E-state index in [2.05, 4.69) is 68.5 Å². The second-order valence-corrected chi connectivity index (χ2v) is 7.93. The summed E-state index contributed by atoms with van der Waals surface area (Å²) in [6.07, 6.45) is 3.97. The second kappa shape index (κ2) is 8.03. The van der Waals surface area contributed by atoms with E-state index in [1.54, 1.807) is 16.1 Å². The van der Waals surface area contributed by atoms with Gasteiger partial charge in [-0.05, 0) is 35.2 Å². The minimum atomic E-state index is 0.287. The van der Waals surface area contributed by atoms with Gasteiger partial charge in [0.1, 0.15) is 0 Å². The molecule has 3 aromatic heterocycles. The van der Waals surface area contributed by atoms with Gasteiger partial charge in [-0.25, -0.2) is 0 Å². The lowest BCUT2D eigenvalue weighted by atomic mass is 9.96. The lowest BCUT2D eigenvalue weighted by Crippen LogP contribution is -2.21. The number of hydrogen-bond acceptors (Lipinski definition) is 4. The maximum atomic E-state index is 4.59. The predicted octanol–water partition coefficient (Wildman–Crippen LogP) is 4.73. The number of nitrogens with zero attached hydrogens (tertiary/aromatic N) is 3. The average molecular weight is 400 g/mol. The summed E-state index contributed by atoms with van der Waals surface area (Å²) < 4.78 is 0. The molecule has 0 fully saturated rings. The molecule has 2 N–H and O–H groups in total. The number of hydrogen-bond donors (Lipinski definition) is 2. The quantitative estimate of drug-likeness (QED) is 0.416. The van der Waals surface area contributed by atoms with Crippen LogP contribution >= 0.6 is 11.3 Å². The van der Waals surface area contributed by atoms with Gasteiger partial charge in [-0.1, -0.05) is 42.5 Å². The first-order valence-electron chi connectivity index (χ1n) is 9.65. The van der Waals surface area contributed by atoms with Crippen LogP contribution in [0.5, 0.6) is 0 Å². The smallest absolute Gasteiger partial charge is 0.0969 e. The maximum absolute atomic E-state index is 4.59. The molecule has 5 rings (SSSR count). The molecule has 0 amide bonds. The third-order valence-corrected chi connectivity index (χ3v) is 6.05. The number of fused-ring (bicyclic) bond motifs is 1. The zero-order valence-electron chi connectivity index (χ0n) is 15.8. The number of thiophene rings is 1. The molecule has 0 spiro atoms. The molecule has 6 heteroatoms. The van der Waals surface area contributed by atoms with Crippen molar-refractivity contribution >= 4 is 22.2 Å². The first kappa shape index (κ1) is 17.8. The summed E-state index contributed by atoms with van der Waals surface area (Å²) >= 11 is 1.80. The molecule has 2 aromatic carbocycles. The highest BCUT2D eigenvalue weighted by atomic mass is 32.1. The van der Waals surface area contributed by atoms with Gasteiger partial charge < -0.3 is 10.3 Å². The van der Waals surface area contributed by atoms with E-state index in [1.807, 2.05) is 36.5 Å². The van der Waals surface area contributed by atoms with Gasteiger partial charge in [-0.15, -0.1) is 11.3 Å². The van der Waals surface area contributed by atoms with Gasteiger partial charge in [0, 0.05) is 41.0 Å². The van der Waals surface area contributed by atoms with Gasteiger partial charge in [-0.3, -0.25) is 0 Å². The van der Waals surface area contributed by atoms with E-state index in [0.29, 0.717) is 6.54 Å². The van der Waals surface area contributed by atoms with Gasteiger partial charge >= 0.3 is 0 Å². The van der Waals surface area contributed by atoms with Crippen LogP contribution in [0.4, 0.5) is 0 Å². The van der Waals surface area contributed by atoms with Crippen LogP contribution in [0.3, 0.4) is 0 Å². The number of H-pyrrole nitrogens is 1. The van der Waals surface area contributed by atoms with Crippen molar-refractivity contribution in [1.82, 2.24) is 25.3 Å². The third kappa shape index (κ3) is 3.72. The average Bonchev–Trinajstić information content (AvgIpc) is 3.53. The van der Waals surface area contributed by atoms with Crippen molar-refractivity contribution in [3.05, 3.63) is 101 Å². The predicted molar refractivity (Wildman–Crippen MR) is 118 cm³/mol. The Bertz CT molecular complexity index is 1190. The van der Waals surface area contributed by atoms with Gasteiger partial charge in [0.2, 0.25) is 0 Å². The molecule has 29 heavy (non-hydrogen) atoms. The Morgan fingerprint density at radius 2 is 1.86 bits per heavy atom. The molecule has 3 heterocycles. The molecule has 0 bridgehead atoms.